The highest BCUT2D eigenvalue weighted by Gasteiger charge is 1.88. The van der Waals surface area contributed by atoms with E-state index in [-0.39, 0.29) is 0 Å². The van der Waals surface area contributed by atoms with Gasteiger partial charge in [0.05, 0.1) is 0 Å². The van der Waals surface area contributed by atoms with Gasteiger partial charge in [0.25, 0.3) is 0 Å². The van der Waals surface area contributed by atoms with Gasteiger partial charge in [0.2, 0.25) is 11.8 Å². The first kappa shape index (κ1) is 27.8. The number of likely N-dealkylation sites (N-methyl/N-ethyl adjacent to an activating group) is 2. The van der Waals surface area contributed by atoms with Crippen LogP contribution in [0.15, 0.2) is 36.5 Å². The Morgan fingerprint density at radius 1 is 0.692 bits per heavy atom. The lowest BCUT2D eigenvalue weighted by Gasteiger charge is -2.02. The summed E-state index contributed by atoms with van der Waals surface area (Å²) in [7, 11) is 7.69. The molecule has 10 nitrogen and oxygen atoms in total. The highest BCUT2D eigenvalue weighted by atomic mass is 16.4. The average Bonchev–Trinajstić information content (AvgIpc) is 2.45. The molecule has 0 fully saturated rings. The summed E-state index contributed by atoms with van der Waals surface area (Å²) in [5.74, 6) is -3.30. The van der Waals surface area contributed by atoms with Crippen molar-refractivity contribution in [3.05, 3.63) is 36.5 Å². The minimum atomic E-state index is -1.26. The topological polar surface area (TPSA) is 167 Å². The van der Waals surface area contributed by atoms with Crippen LogP contribution in [-0.2, 0) is 19.2 Å². The lowest BCUT2D eigenvalue weighted by atomic mass is 10.4. The number of aliphatic carboxylic acids is 2. The Morgan fingerprint density at radius 2 is 0.962 bits per heavy atom. The third-order valence-corrected chi connectivity index (χ3v) is 1.87. The summed E-state index contributed by atoms with van der Waals surface area (Å²) in [6.07, 6.45) is 7.29. The molecule has 0 aromatic rings. The van der Waals surface area contributed by atoms with Crippen molar-refractivity contribution >= 4 is 23.8 Å². The number of carboxylic acid groups (broad SMARTS) is 2. The van der Waals surface area contributed by atoms with E-state index in [4.69, 9.17) is 21.7 Å². The summed E-state index contributed by atoms with van der Waals surface area (Å²) < 4.78 is 0. The third kappa shape index (κ3) is 42.9. The molecule has 0 bridgehead atoms. The van der Waals surface area contributed by atoms with E-state index in [9.17, 15) is 19.2 Å². The van der Waals surface area contributed by atoms with Crippen molar-refractivity contribution in [3.63, 3.8) is 0 Å². The molecule has 0 aliphatic heterocycles. The van der Waals surface area contributed by atoms with E-state index in [1.165, 1.54) is 12.2 Å². The molecule has 0 saturated carbocycles. The normalized spacial score (nSPS) is 10.5. The van der Waals surface area contributed by atoms with E-state index >= 15 is 0 Å². The van der Waals surface area contributed by atoms with Gasteiger partial charge in [0, 0.05) is 25.2 Å². The monoisotopic (exact) mass is 372 g/mol. The summed E-state index contributed by atoms with van der Waals surface area (Å²) in [5, 5.41) is 15.6. The molecule has 0 aromatic heterocycles. The lowest BCUT2D eigenvalue weighted by molar-refractivity contribution is -0.134. The molecule has 148 valence electrons. The van der Waals surface area contributed by atoms with Gasteiger partial charge in [-0.1, -0.05) is 12.2 Å². The first-order valence-corrected chi connectivity index (χ1v) is 7.23. The Bertz CT molecular complexity index is 479. The largest absolute Gasteiger partial charge is 0.478 e. The summed E-state index contributed by atoms with van der Waals surface area (Å²) >= 11 is 0. The SMILES string of the molecule is CN(C)CC=CC(N)=O.CN(C)CC=CC(N)=O.O=C(O)/C=C\C(=O)O. The average molecular weight is 372 g/mol. The van der Waals surface area contributed by atoms with Gasteiger partial charge in [-0.15, -0.1) is 0 Å². The van der Waals surface area contributed by atoms with Crippen molar-refractivity contribution in [3.8, 4) is 0 Å². The number of hydrogen-bond acceptors (Lipinski definition) is 6. The summed E-state index contributed by atoms with van der Waals surface area (Å²) in [5.41, 5.74) is 9.67. The van der Waals surface area contributed by atoms with Crippen LogP contribution >= 0.6 is 0 Å². The molecule has 10 heteroatoms. The van der Waals surface area contributed by atoms with Crippen LogP contribution in [0.4, 0.5) is 0 Å². The first-order chi connectivity index (χ1) is 11.9. The molecular weight excluding hydrogens is 344 g/mol. The second-order valence-corrected chi connectivity index (χ2v) is 5.14. The Kier molecular flexibility index (Phi) is 19.7. The van der Waals surface area contributed by atoms with E-state index < -0.39 is 23.8 Å². The maximum Gasteiger partial charge on any atom is 0.328 e. The molecule has 0 aliphatic carbocycles. The van der Waals surface area contributed by atoms with Crippen LogP contribution < -0.4 is 11.5 Å². The summed E-state index contributed by atoms with van der Waals surface area (Å²) in [4.78, 5) is 43.2. The van der Waals surface area contributed by atoms with Crippen LogP contribution in [0.1, 0.15) is 0 Å². The van der Waals surface area contributed by atoms with Crippen molar-refractivity contribution in [2.75, 3.05) is 41.3 Å². The maximum atomic E-state index is 10.1. The van der Waals surface area contributed by atoms with E-state index in [1.54, 1.807) is 12.2 Å². The molecule has 0 radical (unpaired) electrons. The molecule has 2 amide bonds. The second-order valence-electron chi connectivity index (χ2n) is 5.14. The predicted molar refractivity (Wildman–Crippen MR) is 98.2 cm³/mol. The summed E-state index contributed by atoms with van der Waals surface area (Å²) in [6.45, 7) is 1.51. The maximum absolute atomic E-state index is 10.1. The van der Waals surface area contributed by atoms with Crippen LogP contribution in [0, 0.1) is 0 Å². The van der Waals surface area contributed by atoms with Crippen LogP contribution in [0.25, 0.3) is 0 Å². The zero-order chi connectivity index (χ0) is 21.1. The molecule has 0 aliphatic rings. The fraction of sp³-hybridized carbons (Fsp3) is 0.375. The fourth-order valence-electron chi connectivity index (χ4n) is 0.902. The van der Waals surface area contributed by atoms with Crippen LogP contribution in [0.3, 0.4) is 0 Å². The van der Waals surface area contributed by atoms with E-state index in [2.05, 4.69) is 0 Å². The van der Waals surface area contributed by atoms with Crippen molar-refractivity contribution in [1.82, 2.24) is 9.80 Å². The number of rotatable bonds is 8. The first-order valence-electron chi connectivity index (χ1n) is 7.23. The molecule has 0 spiro atoms. The van der Waals surface area contributed by atoms with Gasteiger partial charge in [-0.05, 0) is 40.3 Å². The Hall–Kier alpha value is -2.98. The predicted octanol–water partition coefficient (Wildman–Crippen LogP) is -1.11. The van der Waals surface area contributed by atoms with Gasteiger partial charge in [-0.2, -0.15) is 0 Å². The molecular formula is C16H28N4O6. The van der Waals surface area contributed by atoms with Gasteiger partial charge >= 0.3 is 11.9 Å². The molecule has 6 N–H and O–H groups in total. The quantitative estimate of drug-likeness (QED) is 0.389. The highest BCUT2D eigenvalue weighted by Crippen LogP contribution is 1.76. The number of carboxylic acids is 2. The standard InChI is InChI=1S/2C6H12N2O.C4H4O4/c2*1-8(2)5-3-4-6(7)9;5-3(6)1-2-4(7)8/h2*3-4H,5H2,1-2H3,(H2,7,9);1-2H,(H,5,6)(H,7,8)/b;;2-1-. The Labute approximate surface area is 153 Å². The fourth-order valence-corrected chi connectivity index (χ4v) is 0.902. The van der Waals surface area contributed by atoms with Crippen LogP contribution in [0.5, 0.6) is 0 Å². The zero-order valence-corrected chi connectivity index (χ0v) is 15.5. The minimum absolute atomic E-state index is 0.392. The summed E-state index contributed by atoms with van der Waals surface area (Å²) in [6, 6.07) is 0. The van der Waals surface area contributed by atoms with Crippen LogP contribution in [0.2, 0.25) is 0 Å². The molecule has 0 saturated heterocycles. The zero-order valence-electron chi connectivity index (χ0n) is 15.5. The van der Waals surface area contributed by atoms with Gasteiger partial charge in [0.1, 0.15) is 0 Å². The van der Waals surface area contributed by atoms with Crippen molar-refractivity contribution < 1.29 is 29.4 Å². The molecule has 26 heavy (non-hydrogen) atoms. The molecule has 0 rings (SSSR count). The van der Waals surface area contributed by atoms with E-state index in [0.29, 0.717) is 12.2 Å². The number of hydrogen-bond donors (Lipinski definition) is 4. The van der Waals surface area contributed by atoms with Crippen molar-refractivity contribution in [2.45, 2.75) is 0 Å². The number of carbonyl (C=O) groups is 4. The number of primary amides is 2. The highest BCUT2D eigenvalue weighted by molar-refractivity contribution is 5.89. The van der Waals surface area contributed by atoms with Gasteiger partial charge in [-0.3, -0.25) is 9.59 Å². The minimum Gasteiger partial charge on any atom is -0.478 e. The van der Waals surface area contributed by atoms with Gasteiger partial charge in [-0.25, -0.2) is 9.59 Å². The van der Waals surface area contributed by atoms with Crippen LogP contribution in [-0.4, -0.2) is 85.0 Å². The molecule has 0 unspecified atom stereocenters. The van der Waals surface area contributed by atoms with Crippen molar-refractivity contribution in [1.29, 1.82) is 0 Å². The number of nitrogens with zero attached hydrogens (tertiary/aromatic N) is 2. The van der Waals surface area contributed by atoms with E-state index in [1.807, 2.05) is 38.0 Å². The van der Waals surface area contributed by atoms with Crippen molar-refractivity contribution in [2.24, 2.45) is 11.5 Å². The Morgan fingerprint density at radius 3 is 1.12 bits per heavy atom. The van der Waals surface area contributed by atoms with Gasteiger partial charge in [0.15, 0.2) is 0 Å². The Balaban J connectivity index is -0.000000306. The molecule has 0 atom stereocenters. The lowest BCUT2D eigenvalue weighted by Crippen LogP contribution is -2.12. The smallest absolute Gasteiger partial charge is 0.328 e. The second kappa shape index (κ2) is 18.4. The number of nitrogens with two attached hydrogens (primary N) is 2. The van der Waals surface area contributed by atoms with Gasteiger partial charge < -0.3 is 31.5 Å². The molecule has 0 heterocycles. The number of carbonyl (C=O) groups excluding carboxylic acids is 2. The van der Waals surface area contributed by atoms with E-state index in [0.717, 1.165) is 13.1 Å². The number of amides is 2. The molecule has 0 aromatic carbocycles. The third-order valence-electron chi connectivity index (χ3n) is 1.87.